The van der Waals surface area contributed by atoms with Gasteiger partial charge in [0.15, 0.2) is 0 Å². The van der Waals surface area contributed by atoms with E-state index in [0.717, 1.165) is 18.4 Å². The number of carbonyl (C=O) groups excluding carboxylic acids is 1. The zero-order valence-corrected chi connectivity index (χ0v) is 10.5. The van der Waals surface area contributed by atoms with Crippen molar-refractivity contribution in [2.24, 2.45) is 5.92 Å². The van der Waals surface area contributed by atoms with Crippen molar-refractivity contribution in [3.05, 3.63) is 34.9 Å². The van der Waals surface area contributed by atoms with E-state index in [4.69, 9.17) is 16.7 Å². The van der Waals surface area contributed by atoms with E-state index >= 15 is 0 Å². The van der Waals surface area contributed by atoms with Crippen molar-refractivity contribution in [1.82, 2.24) is 5.32 Å². The first-order valence-corrected chi connectivity index (χ1v) is 6.21. The number of benzene rings is 1. The summed E-state index contributed by atoms with van der Waals surface area (Å²) in [4.78, 5) is 22.7. The van der Waals surface area contributed by atoms with Crippen molar-refractivity contribution < 1.29 is 14.7 Å². The van der Waals surface area contributed by atoms with Gasteiger partial charge in [-0.05, 0) is 30.5 Å². The molecule has 1 aliphatic rings. The van der Waals surface area contributed by atoms with Crippen molar-refractivity contribution in [3.8, 4) is 0 Å². The number of carbonyl (C=O) groups is 2. The molecule has 1 fully saturated rings. The van der Waals surface area contributed by atoms with Gasteiger partial charge in [-0.3, -0.25) is 4.79 Å². The monoisotopic (exact) mass is 267 g/mol. The number of halogens is 1. The highest BCUT2D eigenvalue weighted by Gasteiger charge is 2.32. The highest BCUT2D eigenvalue weighted by atomic mass is 35.5. The summed E-state index contributed by atoms with van der Waals surface area (Å²) in [5, 5.41) is 12.2. The van der Waals surface area contributed by atoms with E-state index in [9.17, 15) is 9.59 Å². The zero-order chi connectivity index (χ0) is 13.1. The third-order valence-electron chi connectivity index (χ3n) is 2.89. The first-order valence-electron chi connectivity index (χ1n) is 5.84. The number of amides is 1. The average Bonchev–Trinajstić information content (AvgIpc) is 3.11. The van der Waals surface area contributed by atoms with Crippen LogP contribution in [0, 0.1) is 5.92 Å². The van der Waals surface area contributed by atoms with Crippen molar-refractivity contribution in [1.29, 1.82) is 0 Å². The van der Waals surface area contributed by atoms with Crippen molar-refractivity contribution >= 4 is 23.5 Å². The number of hydrogen-bond donors (Lipinski definition) is 2. The molecule has 1 aromatic rings. The molecule has 0 radical (unpaired) electrons. The maximum atomic E-state index is 11.6. The molecule has 1 amide bonds. The van der Waals surface area contributed by atoms with Crippen LogP contribution in [0.2, 0.25) is 5.02 Å². The predicted octanol–water partition coefficient (Wildman–Crippen LogP) is 1.86. The van der Waals surface area contributed by atoms with E-state index in [-0.39, 0.29) is 18.2 Å². The quantitative estimate of drug-likeness (QED) is 0.856. The minimum Gasteiger partial charge on any atom is -0.480 e. The minimum absolute atomic E-state index is 0.00575. The third kappa shape index (κ3) is 3.47. The fourth-order valence-corrected chi connectivity index (χ4v) is 1.95. The second-order valence-corrected chi connectivity index (χ2v) is 4.94. The summed E-state index contributed by atoms with van der Waals surface area (Å²) in [6.45, 7) is 0. The van der Waals surface area contributed by atoms with Gasteiger partial charge in [0.1, 0.15) is 6.04 Å². The van der Waals surface area contributed by atoms with E-state index in [1.165, 1.54) is 0 Å². The Morgan fingerprint density at radius 2 is 2.17 bits per heavy atom. The Morgan fingerprint density at radius 3 is 2.72 bits per heavy atom. The molecular weight excluding hydrogens is 254 g/mol. The van der Waals surface area contributed by atoms with Crippen LogP contribution < -0.4 is 5.32 Å². The molecule has 1 saturated carbocycles. The minimum atomic E-state index is -1.02. The molecule has 0 spiro atoms. The highest BCUT2D eigenvalue weighted by Crippen LogP contribution is 2.29. The molecule has 1 aliphatic carbocycles. The van der Waals surface area contributed by atoms with Gasteiger partial charge in [-0.15, -0.1) is 0 Å². The standard InChI is InChI=1S/C13H14ClNO3/c14-10-3-1-2-8(6-10)7-11(13(17)18)15-12(16)9-4-5-9/h1-3,6,9,11H,4-5,7H2,(H,15,16)(H,17,18). The van der Waals surface area contributed by atoms with Gasteiger partial charge < -0.3 is 10.4 Å². The Morgan fingerprint density at radius 1 is 1.44 bits per heavy atom. The number of carboxylic acids is 1. The van der Waals surface area contributed by atoms with Crippen LogP contribution in [0.3, 0.4) is 0 Å². The van der Waals surface area contributed by atoms with Crippen LogP contribution in [-0.2, 0) is 16.0 Å². The molecule has 1 aromatic carbocycles. The van der Waals surface area contributed by atoms with E-state index in [2.05, 4.69) is 5.32 Å². The van der Waals surface area contributed by atoms with E-state index in [0.29, 0.717) is 5.02 Å². The molecule has 5 heteroatoms. The summed E-state index contributed by atoms with van der Waals surface area (Å²) < 4.78 is 0. The van der Waals surface area contributed by atoms with Gasteiger partial charge in [0.2, 0.25) is 5.91 Å². The van der Waals surface area contributed by atoms with Crippen molar-refractivity contribution in [2.45, 2.75) is 25.3 Å². The van der Waals surface area contributed by atoms with Gasteiger partial charge in [0, 0.05) is 17.4 Å². The van der Waals surface area contributed by atoms with Crippen LogP contribution in [0.25, 0.3) is 0 Å². The highest BCUT2D eigenvalue weighted by molar-refractivity contribution is 6.30. The third-order valence-corrected chi connectivity index (χ3v) is 3.13. The van der Waals surface area contributed by atoms with Crippen molar-refractivity contribution in [2.75, 3.05) is 0 Å². The number of rotatable bonds is 5. The van der Waals surface area contributed by atoms with Crippen LogP contribution in [0.15, 0.2) is 24.3 Å². The summed E-state index contributed by atoms with van der Waals surface area (Å²) >= 11 is 5.84. The predicted molar refractivity (Wildman–Crippen MR) is 67.4 cm³/mol. The molecule has 96 valence electrons. The number of hydrogen-bond acceptors (Lipinski definition) is 2. The Hall–Kier alpha value is -1.55. The molecule has 0 aromatic heterocycles. The lowest BCUT2D eigenvalue weighted by molar-refractivity contribution is -0.142. The molecule has 0 aliphatic heterocycles. The smallest absolute Gasteiger partial charge is 0.326 e. The first kappa shape index (κ1) is 12.9. The topological polar surface area (TPSA) is 66.4 Å². The largest absolute Gasteiger partial charge is 0.480 e. The molecule has 1 unspecified atom stereocenters. The van der Waals surface area contributed by atoms with Gasteiger partial charge in [-0.1, -0.05) is 23.7 Å². The zero-order valence-electron chi connectivity index (χ0n) is 9.73. The van der Waals surface area contributed by atoms with Crippen LogP contribution in [-0.4, -0.2) is 23.0 Å². The lowest BCUT2D eigenvalue weighted by Crippen LogP contribution is -2.43. The maximum absolute atomic E-state index is 11.6. The van der Waals surface area contributed by atoms with E-state index in [1.54, 1.807) is 24.3 Å². The summed E-state index contributed by atoms with van der Waals surface area (Å²) in [6, 6.07) is 6.10. The van der Waals surface area contributed by atoms with Crippen LogP contribution in [0.1, 0.15) is 18.4 Å². The van der Waals surface area contributed by atoms with Gasteiger partial charge in [0.05, 0.1) is 0 Å². The van der Waals surface area contributed by atoms with Crippen LogP contribution in [0.4, 0.5) is 0 Å². The van der Waals surface area contributed by atoms with Crippen LogP contribution in [0.5, 0.6) is 0 Å². The van der Waals surface area contributed by atoms with Gasteiger partial charge in [-0.25, -0.2) is 4.79 Å². The molecule has 0 saturated heterocycles. The summed E-state index contributed by atoms with van der Waals surface area (Å²) in [5.74, 6) is -1.18. The number of aliphatic carboxylic acids is 1. The molecule has 2 N–H and O–H groups in total. The fraction of sp³-hybridized carbons (Fsp3) is 0.385. The van der Waals surface area contributed by atoms with Crippen molar-refractivity contribution in [3.63, 3.8) is 0 Å². The average molecular weight is 268 g/mol. The molecule has 1 atom stereocenters. The Bertz CT molecular complexity index is 471. The fourth-order valence-electron chi connectivity index (χ4n) is 1.73. The lowest BCUT2D eigenvalue weighted by atomic mass is 10.1. The Labute approximate surface area is 110 Å². The summed E-state index contributed by atoms with van der Waals surface area (Å²) in [6.07, 6.45) is 1.96. The molecule has 2 rings (SSSR count). The number of nitrogens with one attached hydrogen (secondary N) is 1. The second kappa shape index (κ2) is 5.40. The van der Waals surface area contributed by atoms with E-state index < -0.39 is 12.0 Å². The molecule has 0 bridgehead atoms. The molecule has 4 nitrogen and oxygen atoms in total. The number of carboxylic acid groups (broad SMARTS) is 1. The van der Waals surface area contributed by atoms with Gasteiger partial charge in [0.25, 0.3) is 0 Å². The maximum Gasteiger partial charge on any atom is 0.326 e. The van der Waals surface area contributed by atoms with E-state index in [1.807, 2.05) is 0 Å². The molecule has 18 heavy (non-hydrogen) atoms. The van der Waals surface area contributed by atoms with Gasteiger partial charge in [-0.2, -0.15) is 0 Å². The molecular formula is C13H14ClNO3. The lowest BCUT2D eigenvalue weighted by Gasteiger charge is -2.14. The van der Waals surface area contributed by atoms with Crippen LogP contribution >= 0.6 is 11.6 Å². The summed E-state index contributed by atoms with van der Waals surface area (Å²) in [5.41, 5.74) is 0.797. The Balaban J connectivity index is 2.01. The first-order chi connectivity index (χ1) is 8.56. The molecule has 0 heterocycles. The summed E-state index contributed by atoms with van der Waals surface area (Å²) in [7, 11) is 0. The Kier molecular flexibility index (Phi) is 3.87. The van der Waals surface area contributed by atoms with Gasteiger partial charge >= 0.3 is 5.97 Å². The normalized spacial score (nSPS) is 16.1. The SMILES string of the molecule is O=C(NC(Cc1cccc(Cl)c1)C(=O)O)C1CC1. The second-order valence-electron chi connectivity index (χ2n) is 4.51.